The zero-order valence-electron chi connectivity index (χ0n) is 18.3. The zero-order valence-corrected chi connectivity index (χ0v) is 18.3. The van der Waals surface area contributed by atoms with Crippen molar-refractivity contribution in [3.05, 3.63) is 64.1 Å². The highest BCUT2D eigenvalue weighted by molar-refractivity contribution is 5.98. The van der Waals surface area contributed by atoms with Crippen LogP contribution in [0, 0.1) is 12.8 Å². The van der Waals surface area contributed by atoms with Gasteiger partial charge in [-0.05, 0) is 36.6 Å². The molecule has 0 aliphatic carbocycles. The Morgan fingerprint density at radius 1 is 1.12 bits per heavy atom. The van der Waals surface area contributed by atoms with Gasteiger partial charge in [-0.25, -0.2) is 4.79 Å². The summed E-state index contributed by atoms with van der Waals surface area (Å²) in [6.07, 6.45) is -1.18. The van der Waals surface area contributed by atoms with Crippen LogP contribution in [0.4, 0.5) is 4.79 Å². The Bertz CT molecular complexity index is 1210. The molecule has 2 amide bonds. The zero-order chi connectivity index (χ0) is 23.4. The summed E-state index contributed by atoms with van der Waals surface area (Å²) in [4.78, 5) is 35.8. The SMILES string of the molecule is Cc1ccc(-c2c(CNC(=O)O)n(CC(C)C)c(=O)c3ccc(OCC(N)=O)cc23)cc1. The molecule has 0 spiro atoms. The van der Waals surface area contributed by atoms with Gasteiger partial charge < -0.3 is 25.5 Å². The number of hydrogen-bond acceptors (Lipinski definition) is 4. The Morgan fingerprint density at radius 2 is 1.81 bits per heavy atom. The van der Waals surface area contributed by atoms with E-state index >= 15 is 0 Å². The molecule has 0 radical (unpaired) electrons. The first-order valence-corrected chi connectivity index (χ1v) is 10.3. The number of nitrogens with zero attached hydrogens (tertiary/aromatic N) is 1. The molecule has 32 heavy (non-hydrogen) atoms. The number of carbonyl (C=O) groups is 2. The van der Waals surface area contributed by atoms with E-state index in [1.807, 2.05) is 45.0 Å². The largest absolute Gasteiger partial charge is 0.484 e. The van der Waals surface area contributed by atoms with Crippen LogP contribution in [0.5, 0.6) is 5.75 Å². The van der Waals surface area contributed by atoms with Crippen molar-refractivity contribution in [1.82, 2.24) is 9.88 Å². The molecule has 0 fully saturated rings. The highest BCUT2D eigenvalue weighted by Gasteiger charge is 2.20. The smallest absolute Gasteiger partial charge is 0.404 e. The Hall–Kier alpha value is -3.81. The fourth-order valence-corrected chi connectivity index (χ4v) is 3.66. The van der Waals surface area contributed by atoms with Crippen molar-refractivity contribution in [2.45, 2.75) is 33.9 Å². The second-order valence-electron chi connectivity index (χ2n) is 8.12. The molecule has 0 bridgehead atoms. The molecule has 8 heteroatoms. The van der Waals surface area contributed by atoms with Crippen LogP contribution in [0.1, 0.15) is 25.1 Å². The molecule has 0 saturated carbocycles. The minimum Gasteiger partial charge on any atom is -0.484 e. The maximum absolute atomic E-state index is 13.4. The molecule has 8 nitrogen and oxygen atoms in total. The van der Waals surface area contributed by atoms with Crippen molar-refractivity contribution < 1.29 is 19.4 Å². The fourth-order valence-electron chi connectivity index (χ4n) is 3.66. The molecule has 3 aromatic rings. The molecule has 3 rings (SSSR count). The molecule has 0 saturated heterocycles. The normalized spacial score (nSPS) is 11.0. The van der Waals surface area contributed by atoms with Gasteiger partial charge in [-0.1, -0.05) is 43.7 Å². The van der Waals surface area contributed by atoms with Crippen LogP contribution in [-0.2, 0) is 17.9 Å². The minimum absolute atomic E-state index is 0.0389. The molecular formula is C24H27N3O5. The number of ether oxygens (including phenoxy) is 1. The number of aryl methyl sites for hydroxylation is 1. The molecule has 168 valence electrons. The number of fused-ring (bicyclic) bond motifs is 1. The van der Waals surface area contributed by atoms with Gasteiger partial charge in [0.05, 0.1) is 6.54 Å². The van der Waals surface area contributed by atoms with E-state index in [1.54, 1.807) is 22.8 Å². The van der Waals surface area contributed by atoms with Crippen molar-refractivity contribution in [2.24, 2.45) is 11.7 Å². The highest BCUT2D eigenvalue weighted by Crippen LogP contribution is 2.33. The molecule has 4 N–H and O–H groups in total. The van der Waals surface area contributed by atoms with E-state index in [0.29, 0.717) is 28.8 Å². The molecular weight excluding hydrogens is 410 g/mol. The Balaban J connectivity index is 2.36. The predicted molar refractivity (Wildman–Crippen MR) is 123 cm³/mol. The van der Waals surface area contributed by atoms with Gasteiger partial charge in [0.2, 0.25) is 0 Å². The average Bonchev–Trinajstić information content (AvgIpc) is 2.73. The number of rotatable bonds is 8. The Morgan fingerprint density at radius 3 is 2.41 bits per heavy atom. The number of nitrogens with one attached hydrogen (secondary N) is 1. The van der Waals surface area contributed by atoms with E-state index < -0.39 is 12.0 Å². The lowest BCUT2D eigenvalue weighted by molar-refractivity contribution is -0.119. The molecule has 0 unspecified atom stereocenters. The van der Waals surface area contributed by atoms with Crippen molar-refractivity contribution in [3.8, 4) is 16.9 Å². The molecule has 1 aromatic heterocycles. The number of carboxylic acid groups (broad SMARTS) is 1. The highest BCUT2D eigenvalue weighted by atomic mass is 16.5. The van der Waals surface area contributed by atoms with Crippen LogP contribution in [-0.4, -0.2) is 28.3 Å². The summed E-state index contributed by atoms with van der Waals surface area (Å²) >= 11 is 0. The monoisotopic (exact) mass is 437 g/mol. The summed E-state index contributed by atoms with van der Waals surface area (Å²) in [5.74, 6) is -0.0527. The second kappa shape index (κ2) is 9.55. The van der Waals surface area contributed by atoms with E-state index in [9.17, 15) is 19.5 Å². The summed E-state index contributed by atoms with van der Waals surface area (Å²) in [5, 5.41) is 12.7. The van der Waals surface area contributed by atoms with Crippen LogP contribution in [0.25, 0.3) is 21.9 Å². The van der Waals surface area contributed by atoms with Crippen LogP contribution < -0.4 is 21.3 Å². The first-order chi connectivity index (χ1) is 15.2. The van der Waals surface area contributed by atoms with E-state index in [1.165, 1.54) is 0 Å². The number of pyridine rings is 1. The molecule has 1 heterocycles. The number of benzene rings is 2. The third kappa shape index (κ3) is 5.08. The van der Waals surface area contributed by atoms with Gasteiger partial charge in [-0.3, -0.25) is 9.59 Å². The van der Waals surface area contributed by atoms with Gasteiger partial charge in [-0.15, -0.1) is 0 Å². The minimum atomic E-state index is -1.18. The Labute approximate surface area is 185 Å². The number of aromatic nitrogens is 1. The van der Waals surface area contributed by atoms with Crippen LogP contribution in [0.2, 0.25) is 0 Å². The van der Waals surface area contributed by atoms with Crippen LogP contribution in [0.3, 0.4) is 0 Å². The summed E-state index contributed by atoms with van der Waals surface area (Å²) in [7, 11) is 0. The van der Waals surface area contributed by atoms with Gasteiger partial charge in [0.25, 0.3) is 11.5 Å². The lowest BCUT2D eigenvalue weighted by Crippen LogP contribution is -2.31. The van der Waals surface area contributed by atoms with Gasteiger partial charge in [0.15, 0.2) is 6.61 Å². The first-order valence-electron chi connectivity index (χ1n) is 10.3. The van der Waals surface area contributed by atoms with E-state index in [4.69, 9.17) is 10.5 Å². The molecule has 2 aromatic carbocycles. The quantitative estimate of drug-likeness (QED) is 0.499. The van der Waals surface area contributed by atoms with Gasteiger partial charge >= 0.3 is 6.09 Å². The first kappa shape index (κ1) is 22.9. The summed E-state index contributed by atoms with van der Waals surface area (Å²) in [6.45, 7) is 6.08. The van der Waals surface area contributed by atoms with Gasteiger partial charge in [0, 0.05) is 28.6 Å². The van der Waals surface area contributed by atoms with E-state index in [2.05, 4.69) is 5.32 Å². The number of amides is 2. The summed E-state index contributed by atoms with van der Waals surface area (Å²) < 4.78 is 7.11. The van der Waals surface area contributed by atoms with Crippen LogP contribution >= 0.6 is 0 Å². The van der Waals surface area contributed by atoms with Crippen molar-refractivity contribution in [1.29, 1.82) is 0 Å². The number of hydrogen-bond donors (Lipinski definition) is 3. The summed E-state index contributed by atoms with van der Waals surface area (Å²) in [6, 6.07) is 12.8. The third-order valence-corrected chi connectivity index (χ3v) is 5.03. The lowest BCUT2D eigenvalue weighted by Gasteiger charge is -2.22. The standard InChI is InChI=1S/C24H27N3O5/c1-14(2)12-27-20(11-26-24(30)31)22(16-6-4-15(3)5-7-16)19-10-17(32-13-21(25)28)8-9-18(19)23(27)29/h4-10,14,26H,11-13H2,1-3H3,(H2,25,28)(H,30,31). The maximum atomic E-state index is 13.4. The summed E-state index contributed by atoms with van der Waals surface area (Å²) in [5.41, 5.74) is 8.19. The van der Waals surface area contributed by atoms with Crippen molar-refractivity contribution >= 4 is 22.8 Å². The average molecular weight is 437 g/mol. The van der Waals surface area contributed by atoms with Gasteiger partial charge in [-0.2, -0.15) is 0 Å². The van der Waals surface area contributed by atoms with E-state index in [-0.39, 0.29) is 24.6 Å². The topological polar surface area (TPSA) is 124 Å². The third-order valence-electron chi connectivity index (χ3n) is 5.03. The second-order valence-corrected chi connectivity index (χ2v) is 8.12. The molecule has 0 aliphatic rings. The van der Waals surface area contributed by atoms with Crippen LogP contribution in [0.15, 0.2) is 47.3 Å². The molecule has 0 aliphatic heterocycles. The molecule has 0 atom stereocenters. The number of primary amides is 1. The number of carbonyl (C=O) groups excluding carboxylic acids is 1. The van der Waals surface area contributed by atoms with E-state index in [0.717, 1.165) is 16.7 Å². The fraction of sp³-hybridized carbons (Fsp3) is 0.292. The Kier molecular flexibility index (Phi) is 6.82. The van der Waals surface area contributed by atoms with Crippen molar-refractivity contribution in [2.75, 3.05) is 6.61 Å². The lowest BCUT2D eigenvalue weighted by atomic mass is 9.95. The maximum Gasteiger partial charge on any atom is 0.404 e. The van der Waals surface area contributed by atoms with Crippen molar-refractivity contribution in [3.63, 3.8) is 0 Å². The number of nitrogens with two attached hydrogens (primary N) is 1. The predicted octanol–water partition coefficient (Wildman–Crippen LogP) is 3.26. The van der Waals surface area contributed by atoms with Gasteiger partial charge in [0.1, 0.15) is 5.75 Å².